The van der Waals surface area contributed by atoms with Gasteiger partial charge in [0.25, 0.3) is 0 Å². The topological polar surface area (TPSA) is 139 Å². The summed E-state index contributed by atoms with van der Waals surface area (Å²) >= 11 is 0. The highest BCUT2D eigenvalue weighted by atomic mass is 19.2. The molecule has 1 saturated carbocycles. The van der Waals surface area contributed by atoms with E-state index in [-0.39, 0.29) is 36.0 Å². The van der Waals surface area contributed by atoms with Gasteiger partial charge in [0.15, 0.2) is 11.6 Å². The Kier molecular flexibility index (Phi) is 6.95. The van der Waals surface area contributed by atoms with Gasteiger partial charge >= 0.3 is 23.8 Å². The van der Waals surface area contributed by atoms with Gasteiger partial charge in [0, 0.05) is 24.2 Å². The molecule has 1 amide bonds. The van der Waals surface area contributed by atoms with Crippen LogP contribution in [0.3, 0.4) is 0 Å². The largest absolute Gasteiger partial charge is 0.481 e. The van der Waals surface area contributed by atoms with Crippen LogP contribution in [-0.4, -0.2) is 38.3 Å². The first-order valence-electron chi connectivity index (χ1n) is 10.6. The molecule has 0 spiro atoms. The van der Waals surface area contributed by atoms with Crippen LogP contribution >= 0.6 is 0 Å². The first-order chi connectivity index (χ1) is 16.4. The molecule has 4 rings (SSSR count). The number of carbonyl (C=O) groups excluding carboxylic acids is 1. The third-order valence-electron chi connectivity index (χ3n) is 5.33. The summed E-state index contributed by atoms with van der Waals surface area (Å²) < 4.78 is 37.4. The molecule has 3 N–H and O–H groups in total. The molecular weight excluding hydrogens is 452 g/mol. The number of halogens is 2. The second-order valence-electron chi connectivity index (χ2n) is 7.86. The molecule has 1 aliphatic carbocycles. The SMILES string of the molecule is O=C(O)C[C@H]1CC[C@@H](Oc2ccc(NC(=O)c3nnc(Nc4ccc(F)c(F)c4)o3)cn2)CC1. The maximum Gasteiger partial charge on any atom is 0.320 e. The summed E-state index contributed by atoms with van der Waals surface area (Å²) in [5, 5.41) is 21.3. The van der Waals surface area contributed by atoms with Crippen LogP contribution in [0.15, 0.2) is 40.9 Å². The van der Waals surface area contributed by atoms with Gasteiger partial charge in [0.05, 0.1) is 11.9 Å². The number of rotatable bonds is 8. The molecule has 10 nitrogen and oxygen atoms in total. The Morgan fingerprint density at radius 1 is 1.06 bits per heavy atom. The van der Waals surface area contributed by atoms with Gasteiger partial charge < -0.3 is 24.9 Å². The standard InChI is InChI=1S/C22H21F2N5O5/c23-16-7-3-13(10-17(16)24)27-22-29-28-21(34-22)20(32)26-14-4-8-18(25-11-14)33-15-5-1-12(2-6-15)9-19(30)31/h3-4,7-8,10-12,15H,1-2,5-6,9H2,(H,26,32)(H,27,29)(H,30,31)/t12-,15+. The monoisotopic (exact) mass is 473 g/mol. The lowest BCUT2D eigenvalue weighted by molar-refractivity contribution is -0.138. The summed E-state index contributed by atoms with van der Waals surface area (Å²) in [6, 6.07) is 6.18. The molecule has 178 valence electrons. The molecule has 34 heavy (non-hydrogen) atoms. The zero-order valence-electron chi connectivity index (χ0n) is 17.8. The van der Waals surface area contributed by atoms with E-state index in [2.05, 4.69) is 25.8 Å². The number of hydrogen-bond acceptors (Lipinski definition) is 8. The molecule has 2 heterocycles. The summed E-state index contributed by atoms with van der Waals surface area (Å²) in [6.07, 6.45) is 4.68. The van der Waals surface area contributed by atoms with Crippen molar-refractivity contribution in [3.05, 3.63) is 54.1 Å². The number of aliphatic carboxylic acids is 1. The van der Waals surface area contributed by atoms with Gasteiger partial charge in [-0.25, -0.2) is 13.8 Å². The number of carbonyl (C=O) groups is 2. The number of hydrogen-bond donors (Lipinski definition) is 3. The van der Waals surface area contributed by atoms with Gasteiger partial charge in [-0.05, 0) is 49.8 Å². The Hall–Kier alpha value is -4.09. The van der Waals surface area contributed by atoms with Gasteiger partial charge in [-0.1, -0.05) is 5.10 Å². The average molecular weight is 473 g/mol. The predicted molar refractivity (Wildman–Crippen MR) is 115 cm³/mol. The van der Waals surface area contributed by atoms with Crippen LogP contribution in [0, 0.1) is 17.6 Å². The van der Waals surface area contributed by atoms with Gasteiger partial charge in [0.1, 0.15) is 6.10 Å². The van der Waals surface area contributed by atoms with Crippen LogP contribution in [-0.2, 0) is 4.79 Å². The van der Waals surface area contributed by atoms with E-state index in [0.29, 0.717) is 11.6 Å². The van der Waals surface area contributed by atoms with Crippen molar-refractivity contribution in [3.8, 4) is 5.88 Å². The summed E-state index contributed by atoms with van der Waals surface area (Å²) in [5.41, 5.74) is 0.542. The quantitative estimate of drug-likeness (QED) is 0.440. The molecule has 0 bridgehead atoms. The molecule has 0 saturated heterocycles. The summed E-state index contributed by atoms with van der Waals surface area (Å²) in [5.74, 6) is -3.27. The third-order valence-corrected chi connectivity index (χ3v) is 5.33. The van der Waals surface area contributed by atoms with Crippen molar-refractivity contribution in [1.82, 2.24) is 15.2 Å². The third kappa shape index (κ3) is 6.03. The molecule has 0 aliphatic heterocycles. The number of nitrogens with zero attached hydrogens (tertiary/aromatic N) is 3. The van der Waals surface area contributed by atoms with E-state index in [1.165, 1.54) is 12.3 Å². The highest BCUT2D eigenvalue weighted by Crippen LogP contribution is 2.29. The number of ether oxygens (including phenoxy) is 1. The zero-order chi connectivity index (χ0) is 24.1. The Morgan fingerprint density at radius 2 is 1.82 bits per heavy atom. The Morgan fingerprint density at radius 3 is 2.50 bits per heavy atom. The molecule has 1 aromatic carbocycles. The minimum absolute atomic E-state index is 0.0307. The first-order valence-corrected chi connectivity index (χ1v) is 10.6. The number of pyridine rings is 1. The van der Waals surface area contributed by atoms with Crippen LogP contribution in [0.25, 0.3) is 0 Å². The fourth-order valence-electron chi connectivity index (χ4n) is 3.64. The van der Waals surface area contributed by atoms with Crippen LogP contribution < -0.4 is 15.4 Å². The van der Waals surface area contributed by atoms with Crippen LogP contribution in [0.2, 0.25) is 0 Å². The molecule has 2 aromatic heterocycles. The number of amides is 1. The van der Waals surface area contributed by atoms with E-state index in [9.17, 15) is 18.4 Å². The molecule has 1 fully saturated rings. The van der Waals surface area contributed by atoms with E-state index >= 15 is 0 Å². The highest BCUT2D eigenvalue weighted by molar-refractivity contribution is 6.00. The van der Waals surface area contributed by atoms with Gasteiger partial charge in [0.2, 0.25) is 5.88 Å². The number of anilines is 3. The Bertz CT molecular complexity index is 1160. The van der Waals surface area contributed by atoms with Gasteiger partial charge in [-0.15, -0.1) is 5.10 Å². The number of nitrogens with one attached hydrogen (secondary N) is 2. The van der Waals surface area contributed by atoms with Gasteiger partial charge in [-0.3, -0.25) is 9.59 Å². The minimum atomic E-state index is -1.05. The number of carboxylic acid groups (broad SMARTS) is 1. The molecule has 3 aromatic rings. The number of carboxylic acids is 1. The number of aromatic nitrogens is 3. The van der Waals surface area contributed by atoms with E-state index in [1.54, 1.807) is 12.1 Å². The molecular formula is C22H21F2N5O5. The van der Waals surface area contributed by atoms with E-state index < -0.39 is 23.5 Å². The molecule has 0 atom stereocenters. The smallest absolute Gasteiger partial charge is 0.320 e. The van der Waals surface area contributed by atoms with Crippen molar-refractivity contribution in [2.75, 3.05) is 10.6 Å². The second kappa shape index (κ2) is 10.2. The Balaban J connectivity index is 1.28. The van der Waals surface area contributed by atoms with Crippen molar-refractivity contribution in [1.29, 1.82) is 0 Å². The van der Waals surface area contributed by atoms with E-state index in [0.717, 1.165) is 37.8 Å². The lowest BCUT2D eigenvalue weighted by Crippen LogP contribution is -2.25. The van der Waals surface area contributed by atoms with Crippen molar-refractivity contribution in [2.24, 2.45) is 5.92 Å². The first kappa shape index (κ1) is 23.1. The van der Waals surface area contributed by atoms with Crippen molar-refractivity contribution < 1.29 is 32.6 Å². The summed E-state index contributed by atoms with van der Waals surface area (Å²) in [6.45, 7) is 0. The van der Waals surface area contributed by atoms with Gasteiger partial charge in [-0.2, -0.15) is 0 Å². The average Bonchev–Trinajstić information content (AvgIpc) is 3.27. The number of benzene rings is 1. The zero-order valence-corrected chi connectivity index (χ0v) is 17.8. The summed E-state index contributed by atoms with van der Waals surface area (Å²) in [7, 11) is 0. The van der Waals surface area contributed by atoms with E-state index in [1.807, 2.05) is 0 Å². The Labute approximate surface area is 192 Å². The fourth-order valence-corrected chi connectivity index (χ4v) is 3.64. The highest BCUT2D eigenvalue weighted by Gasteiger charge is 2.24. The maximum absolute atomic E-state index is 13.3. The fraction of sp³-hybridized carbons (Fsp3) is 0.318. The molecule has 1 aliphatic rings. The second-order valence-corrected chi connectivity index (χ2v) is 7.86. The molecule has 12 heteroatoms. The normalized spacial score (nSPS) is 17.7. The van der Waals surface area contributed by atoms with Crippen molar-refractivity contribution in [2.45, 2.75) is 38.2 Å². The van der Waals surface area contributed by atoms with Crippen molar-refractivity contribution in [3.63, 3.8) is 0 Å². The van der Waals surface area contributed by atoms with Crippen LogP contribution in [0.1, 0.15) is 42.8 Å². The van der Waals surface area contributed by atoms with Crippen LogP contribution in [0.4, 0.5) is 26.2 Å². The lowest BCUT2D eigenvalue weighted by Gasteiger charge is -2.27. The predicted octanol–water partition coefficient (Wildman–Crippen LogP) is 4.15. The van der Waals surface area contributed by atoms with Crippen LogP contribution in [0.5, 0.6) is 5.88 Å². The molecule has 0 radical (unpaired) electrons. The van der Waals surface area contributed by atoms with Crippen molar-refractivity contribution >= 4 is 29.3 Å². The van der Waals surface area contributed by atoms with E-state index in [4.69, 9.17) is 14.3 Å². The molecule has 0 unspecified atom stereocenters. The maximum atomic E-state index is 13.3. The summed E-state index contributed by atoms with van der Waals surface area (Å²) in [4.78, 5) is 27.4. The minimum Gasteiger partial charge on any atom is -0.481 e. The lowest BCUT2D eigenvalue weighted by atomic mass is 9.85.